The van der Waals surface area contributed by atoms with Gasteiger partial charge in [-0.05, 0) is 19.8 Å². The Kier molecular flexibility index (Phi) is 1.74. The van der Waals surface area contributed by atoms with Gasteiger partial charge in [-0.2, -0.15) is 0 Å². The van der Waals surface area contributed by atoms with Crippen LogP contribution in [0.3, 0.4) is 0 Å². The van der Waals surface area contributed by atoms with E-state index in [2.05, 4.69) is 15.9 Å². The minimum absolute atomic E-state index is 0.375. The van der Waals surface area contributed by atoms with Crippen LogP contribution in [0.1, 0.15) is 33.6 Å². The van der Waals surface area contributed by atoms with Crippen LogP contribution in [0.4, 0.5) is 0 Å². The third-order valence-corrected chi connectivity index (χ3v) is 6.01. The Balaban J connectivity index is 2.61. The van der Waals surface area contributed by atoms with E-state index in [9.17, 15) is 9.59 Å². The number of hydrogen-bond acceptors (Lipinski definition) is 3. The normalized spacial score (nSPS) is 45.1. The van der Waals surface area contributed by atoms with Gasteiger partial charge >= 0.3 is 11.9 Å². The van der Waals surface area contributed by atoms with Crippen LogP contribution in [0.15, 0.2) is 0 Å². The predicted octanol–water partition coefficient (Wildman–Crippen LogP) is 2.03. The number of ether oxygens (including phenoxy) is 1. The van der Waals surface area contributed by atoms with Crippen molar-refractivity contribution in [2.45, 2.75) is 37.9 Å². The molecule has 1 heterocycles. The molecule has 1 aliphatic heterocycles. The highest BCUT2D eigenvalue weighted by atomic mass is 79.9. The Hall–Kier alpha value is -0.380. The van der Waals surface area contributed by atoms with Crippen molar-refractivity contribution in [1.82, 2.24) is 0 Å². The highest BCUT2D eigenvalue weighted by molar-refractivity contribution is 9.10. The number of carbonyl (C=O) groups is 2. The summed E-state index contributed by atoms with van der Waals surface area (Å²) in [6.07, 6.45) is 1.37. The molecule has 1 aliphatic carbocycles. The first kappa shape index (κ1) is 10.1. The van der Waals surface area contributed by atoms with Crippen molar-refractivity contribution in [3.05, 3.63) is 0 Å². The minimum Gasteiger partial charge on any atom is -0.392 e. The molecule has 0 spiro atoms. The van der Waals surface area contributed by atoms with E-state index in [1.807, 2.05) is 20.8 Å². The average Bonchev–Trinajstić information content (AvgIpc) is 2.21. The van der Waals surface area contributed by atoms with Gasteiger partial charge < -0.3 is 4.74 Å². The Morgan fingerprint density at radius 3 is 2.29 bits per heavy atom. The maximum absolute atomic E-state index is 11.7. The molecule has 2 fully saturated rings. The lowest BCUT2D eigenvalue weighted by Gasteiger charge is -2.46. The molecule has 3 nitrogen and oxygen atoms in total. The quantitative estimate of drug-likeness (QED) is 0.380. The summed E-state index contributed by atoms with van der Waals surface area (Å²) >= 11 is 3.46. The molecular formula is C10H13BrO3. The van der Waals surface area contributed by atoms with Gasteiger partial charge in [-0.3, -0.25) is 9.59 Å². The summed E-state index contributed by atoms with van der Waals surface area (Å²) in [5, 5.41) is 0. The Morgan fingerprint density at radius 1 is 1.14 bits per heavy atom. The molecule has 2 aliphatic rings. The summed E-state index contributed by atoms with van der Waals surface area (Å²) in [4.78, 5) is 23.3. The lowest BCUT2D eigenvalue weighted by molar-refractivity contribution is -0.182. The van der Waals surface area contributed by atoms with E-state index in [0.29, 0.717) is 12.8 Å². The van der Waals surface area contributed by atoms with Crippen molar-refractivity contribution < 1.29 is 14.3 Å². The molecule has 2 rings (SSSR count). The Labute approximate surface area is 91.3 Å². The van der Waals surface area contributed by atoms with E-state index in [1.165, 1.54) is 0 Å². The van der Waals surface area contributed by atoms with Crippen molar-refractivity contribution >= 4 is 27.9 Å². The fraction of sp³-hybridized carbons (Fsp3) is 0.800. The zero-order valence-electron chi connectivity index (χ0n) is 8.52. The smallest absolute Gasteiger partial charge is 0.331 e. The van der Waals surface area contributed by atoms with Gasteiger partial charge in [0.15, 0.2) is 0 Å². The van der Waals surface area contributed by atoms with Crippen molar-refractivity contribution in [3.63, 3.8) is 0 Å². The van der Waals surface area contributed by atoms with Gasteiger partial charge in [0, 0.05) is 5.41 Å². The first-order valence-corrected chi connectivity index (χ1v) is 5.51. The third kappa shape index (κ3) is 0.794. The molecule has 2 atom stereocenters. The minimum atomic E-state index is -0.678. The largest absolute Gasteiger partial charge is 0.392 e. The van der Waals surface area contributed by atoms with Gasteiger partial charge in [0.05, 0.1) is 5.41 Å². The number of carbonyl (C=O) groups excluding carboxylic acids is 2. The first-order chi connectivity index (χ1) is 6.26. The van der Waals surface area contributed by atoms with Crippen molar-refractivity contribution in [1.29, 1.82) is 0 Å². The summed E-state index contributed by atoms with van der Waals surface area (Å²) in [6.45, 7) is 5.78. The SMILES string of the molecule is CC1(C)[C@@]2(Br)CC[C@]1(C)C(=O)OC2=O. The second-order valence-corrected chi connectivity index (χ2v) is 6.29. The van der Waals surface area contributed by atoms with Gasteiger partial charge in [0.25, 0.3) is 0 Å². The molecule has 4 heteroatoms. The topological polar surface area (TPSA) is 43.4 Å². The molecule has 78 valence electrons. The zero-order chi connectivity index (χ0) is 10.8. The van der Waals surface area contributed by atoms with Crippen LogP contribution in [0.2, 0.25) is 0 Å². The molecule has 0 N–H and O–H groups in total. The first-order valence-electron chi connectivity index (χ1n) is 4.71. The van der Waals surface area contributed by atoms with E-state index in [-0.39, 0.29) is 11.4 Å². The van der Waals surface area contributed by atoms with Crippen LogP contribution in [0, 0.1) is 10.8 Å². The van der Waals surface area contributed by atoms with Gasteiger partial charge in [0.2, 0.25) is 0 Å². The summed E-state index contributed by atoms with van der Waals surface area (Å²) < 4.78 is 4.11. The van der Waals surface area contributed by atoms with E-state index in [1.54, 1.807) is 0 Å². The zero-order valence-corrected chi connectivity index (χ0v) is 10.1. The van der Waals surface area contributed by atoms with E-state index >= 15 is 0 Å². The monoisotopic (exact) mass is 260 g/mol. The lowest BCUT2D eigenvalue weighted by Crippen LogP contribution is -2.57. The van der Waals surface area contributed by atoms with Crippen LogP contribution in [-0.4, -0.2) is 16.3 Å². The molecule has 2 bridgehead atoms. The van der Waals surface area contributed by atoms with Crippen LogP contribution in [0.5, 0.6) is 0 Å². The molecule has 1 saturated heterocycles. The van der Waals surface area contributed by atoms with Crippen molar-refractivity contribution in [3.8, 4) is 0 Å². The van der Waals surface area contributed by atoms with E-state index < -0.39 is 15.7 Å². The molecule has 0 radical (unpaired) electrons. The Bertz CT molecular complexity index is 306. The molecule has 1 saturated carbocycles. The molecule has 14 heavy (non-hydrogen) atoms. The van der Waals surface area contributed by atoms with Crippen LogP contribution < -0.4 is 0 Å². The molecule has 0 aromatic heterocycles. The number of fused-ring (bicyclic) bond motifs is 2. The van der Waals surface area contributed by atoms with E-state index in [0.717, 1.165) is 0 Å². The maximum atomic E-state index is 11.7. The molecule has 0 aromatic rings. The standard InChI is InChI=1S/C10H13BrO3/c1-8(2)9(3)4-5-10(8,11)7(13)14-6(9)12/h4-5H2,1-3H3/t9-,10-/m1/s1. The molecule has 0 amide bonds. The number of cyclic esters (lactones) is 2. The fourth-order valence-electron chi connectivity index (χ4n) is 2.48. The summed E-state index contributed by atoms with van der Waals surface area (Å²) in [7, 11) is 0. The second-order valence-electron chi connectivity index (χ2n) is 4.94. The van der Waals surface area contributed by atoms with Crippen LogP contribution in [-0.2, 0) is 14.3 Å². The molecular weight excluding hydrogens is 248 g/mol. The van der Waals surface area contributed by atoms with Crippen molar-refractivity contribution in [2.75, 3.05) is 0 Å². The number of halogens is 1. The van der Waals surface area contributed by atoms with E-state index in [4.69, 9.17) is 4.74 Å². The van der Waals surface area contributed by atoms with Gasteiger partial charge in [0.1, 0.15) is 4.32 Å². The van der Waals surface area contributed by atoms with Gasteiger partial charge in [-0.15, -0.1) is 0 Å². The number of esters is 2. The average molecular weight is 261 g/mol. The highest BCUT2D eigenvalue weighted by Crippen LogP contribution is 2.64. The summed E-state index contributed by atoms with van der Waals surface area (Å²) in [5.41, 5.74) is -0.920. The molecule has 0 aromatic carbocycles. The van der Waals surface area contributed by atoms with Gasteiger partial charge in [-0.25, -0.2) is 0 Å². The highest BCUT2D eigenvalue weighted by Gasteiger charge is 2.71. The van der Waals surface area contributed by atoms with Crippen LogP contribution in [0.25, 0.3) is 0 Å². The van der Waals surface area contributed by atoms with Crippen LogP contribution >= 0.6 is 15.9 Å². The second kappa shape index (κ2) is 2.40. The number of rotatable bonds is 0. The summed E-state index contributed by atoms with van der Waals surface area (Å²) in [5.74, 6) is -0.803. The fourth-order valence-corrected chi connectivity index (χ4v) is 3.19. The third-order valence-electron chi connectivity index (χ3n) is 4.30. The number of alkyl halides is 1. The van der Waals surface area contributed by atoms with Gasteiger partial charge in [-0.1, -0.05) is 29.8 Å². The molecule has 0 unspecified atom stereocenters. The van der Waals surface area contributed by atoms with Crippen molar-refractivity contribution in [2.24, 2.45) is 10.8 Å². The number of hydrogen-bond donors (Lipinski definition) is 0. The Morgan fingerprint density at radius 2 is 1.71 bits per heavy atom. The lowest BCUT2D eigenvalue weighted by atomic mass is 9.64. The summed E-state index contributed by atoms with van der Waals surface area (Å²) in [6, 6.07) is 0. The predicted molar refractivity (Wildman–Crippen MR) is 53.9 cm³/mol. The maximum Gasteiger partial charge on any atom is 0.331 e.